The van der Waals surface area contributed by atoms with E-state index in [9.17, 15) is 5.11 Å². The summed E-state index contributed by atoms with van der Waals surface area (Å²) in [5.74, 6) is 1.79. The van der Waals surface area contributed by atoms with Gasteiger partial charge >= 0.3 is 205 Å². The van der Waals surface area contributed by atoms with Crippen LogP contribution in [0.5, 0.6) is 0 Å². The van der Waals surface area contributed by atoms with E-state index in [0.717, 1.165) is 18.3 Å². The molecule has 0 spiro atoms. The molecule has 28 heavy (non-hydrogen) atoms. The third kappa shape index (κ3) is 5.68. The van der Waals surface area contributed by atoms with E-state index in [0.29, 0.717) is 40.1 Å². The number of aliphatic hydroxyl groups excluding tert-OH is 1. The van der Waals surface area contributed by atoms with Crippen LogP contribution in [0.25, 0.3) is 0 Å². The molecule has 1 N–H and O–H groups in total. The molecule has 0 aromatic heterocycles. The van der Waals surface area contributed by atoms with Crippen LogP contribution in [0.1, 0.15) is 91.9 Å². The van der Waals surface area contributed by atoms with Gasteiger partial charge in [0.15, 0.2) is 0 Å². The van der Waals surface area contributed by atoms with Crippen LogP contribution in [0.3, 0.4) is 0 Å². The van der Waals surface area contributed by atoms with Gasteiger partial charge in [0, 0.05) is 0 Å². The van der Waals surface area contributed by atoms with Crippen LogP contribution in [0.4, 0.5) is 0 Å². The zero-order chi connectivity index (χ0) is 20.8. The fourth-order valence-corrected chi connectivity index (χ4v) is 19.4. The fraction of sp³-hybridized carbons (Fsp3) is 0.958. The summed E-state index contributed by atoms with van der Waals surface area (Å²) in [7, 11) is 0. The van der Waals surface area contributed by atoms with Crippen LogP contribution in [0.2, 0.25) is 0 Å². The number of halogens is 3. The van der Waals surface area contributed by atoms with E-state index in [4.69, 9.17) is 0 Å². The molecule has 4 unspecified atom stereocenters. The van der Waals surface area contributed by atoms with Gasteiger partial charge in [-0.2, -0.15) is 0 Å². The van der Waals surface area contributed by atoms with Crippen molar-refractivity contribution in [2.75, 3.05) is 20.9 Å². The number of hydrogen-bond acceptors (Lipinski definition) is 1. The Bertz CT molecular complexity index is 516. The Hall–Kier alpha value is 2.02. The summed E-state index contributed by atoms with van der Waals surface area (Å²) in [5, 5.41) is 9.92. The number of unbranched alkanes of at least 4 members (excludes halogenated alkanes) is 1. The number of rotatable bonds is 13. The molecule has 0 amide bonds. The topological polar surface area (TPSA) is 20.2 Å². The first-order valence-electron chi connectivity index (χ1n) is 11.4. The minimum absolute atomic E-state index is 0.222. The Morgan fingerprint density at radius 3 is 2.43 bits per heavy atom. The number of alkyl halides is 3. The first kappa shape index (κ1) is 26.3. The molecular formula is C24H45I3O-2. The molecule has 4 heteroatoms. The Balaban J connectivity index is 2.45. The molecule has 0 bridgehead atoms. The summed E-state index contributed by atoms with van der Waals surface area (Å²) < 4.78 is 3.40. The van der Waals surface area contributed by atoms with Crippen LogP contribution >= 0.6 is 16.8 Å². The van der Waals surface area contributed by atoms with Crippen LogP contribution < -0.4 is 38.4 Å². The summed E-state index contributed by atoms with van der Waals surface area (Å²) in [4.78, 5) is 5.03. The SMILES string of the molecule is CCCCC(CCC1(C)CC1)C1(C[I-]C)C(C)CCC1(C)C(CCO)=I[I-]C. The van der Waals surface area contributed by atoms with Gasteiger partial charge in [-0.25, -0.2) is 0 Å². The van der Waals surface area contributed by atoms with Crippen molar-refractivity contribution in [1.82, 2.24) is 0 Å². The van der Waals surface area contributed by atoms with E-state index in [2.05, 4.69) is 37.6 Å². The molecule has 2 aliphatic rings. The van der Waals surface area contributed by atoms with Crippen molar-refractivity contribution >= 4 is 20.3 Å². The molecule has 4 atom stereocenters. The maximum absolute atomic E-state index is 9.92. The quantitative estimate of drug-likeness (QED) is 0.219. The van der Waals surface area contributed by atoms with E-state index in [1.807, 2.05) is 3.51 Å². The van der Waals surface area contributed by atoms with Gasteiger partial charge in [0.25, 0.3) is 0 Å². The Morgan fingerprint density at radius 2 is 1.89 bits per heavy atom. The molecule has 0 aromatic carbocycles. The molecule has 0 aromatic rings. The second-order valence-electron chi connectivity index (χ2n) is 9.99. The normalized spacial score (nSPS) is 33.8. The number of aliphatic hydroxyl groups is 1. The van der Waals surface area contributed by atoms with Gasteiger partial charge in [-0.3, -0.25) is 0 Å². The average molecular weight is 730 g/mol. The molecule has 0 aliphatic heterocycles. The molecule has 1 nitrogen and oxygen atoms in total. The molecule has 2 rings (SSSR count). The van der Waals surface area contributed by atoms with Gasteiger partial charge in [0.2, 0.25) is 0 Å². The van der Waals surface area contributed by atoms with E-state index in [-0.39, 0.29) is 38.0 Å². The third-order valence-electron chi connectivity index (χ3n) is 8.26. The first-order valence-corrected chi connectivity index (χ1v) is 24.6. The van der Waals surface area contributed by atoms with Crippen LogP contribution in [0.15, 0.2) is 0 Å². The summed E-state index contributed by atoms with van der Waals surface area (Å²) in [5.41, 5.74) is 1.65. The van der Waals surface area contributed by atoms with Gasteiger partial charge in [0.1, 0.15) is 0 Å². The average Bonchev–Trinajstić information content (AvgIpc) is 3.35. The van der Waals surface area contributed by atoms with Gasteiger partial charge in [-0.15, -0.1) is 0 Å². The van der Waals surface area contributed by atoms with Crippen molar-refractivity contribution in [3.63, 3.8) is 0 Å². The van der Waals surface area contributed by atoms with E-state index >= 15 is 0 Å². The van der Waals surface area contributed by atoms with Crippen LogP contribution in [0, 0.1) is 28.1 Å². The van der Waals surface area contributed by atoms with Gasteiger partial charge < -0.3 is 0 Å². The zero-order valence-corrected chi connectivity index (χ0v) is 25.7. The molecule has 0 heterocycles. The molecule has 0 saturated heterocycles. The Morgan fingerprint density at radius 1 is 1.18 bits per heavy atom. The predicted octanol–water partition coefficient (Wildman–Crippen LogP) is 0.674. The predicted molar refractivity (Wildman–Crippen MR) is 126 cm³/mol. The molecule has 2 aliphatic carbocycles. The van der Waals surface area contributed by atoms with E-state index < -0.39 is 0 Å². The molecular weight excluding hydrogens is 685 g/mol. The summed E-state index contributed by atoms with van der Waals surface area (Å²) in [6.45, 7) is 10.6. The van der Waals surface area contributed by atoms with Crippen molar-refractivity contribution in [2.24, 2.45) is 28.1 Å². The van der Waals surface area contributed by atoms with E-state index in [1.54, 1.807) is 0 Å². The van der Waals surface area contributed by atoms with Gasteiger partial charge in [0.05, 0.1) is 0 Å². The maximum atomic E-state index is 9.92. The molecule has 2 fully saturated rings. The summed E-state index contributed by atoms with van der Waals surface area (Å²) in [6, 6.07) is 0. The standard InChI is InChI=1S/C24H45I3O/c1-7-8-9-20(11-13-22(3)15-16-22)24(18-25-5)19(2)10-14-23(24,4)21(12-17-28)27-26-6/h19-20,28H,7-18H2,1-6H3/q-2. The van der Waals surface area contributed by atoms with Gasteiger partial charge in [-0.1, -0.05) is 0 Å². The summed E-state index contributed by atoms with van der Waals surface area (Å²) in [6.07, 6.45) is 14.0. The van der Waals surface area contributed by atoms with Crippen LogP contribution in [-0.2, 0) is 0 Å². The van der Waals surface area contributed by atoms with Gasteiger partial charge in [-0.05, 0) is 0 Å². The monoisotopic (exact) mass is 730 g/mol. The minimum atomic E-state index is 0.222. The van der Waals surface area contributed by atoms with Crippen molar-refractivity contribution in [3.8, 4) is 0 Å². The Labute approximate surface area is 202 Å². The zero-order valence-electron chi connectivity index (χ0n) is 19.2. The second kappa shape index (κ2) is 11.8. The first-order chi connectivity index (χ1) is 13.3. The fourth-order valence-electron chi connectivity index (χ4n) is 6.06. The van der Waals surface area contributed by atoms with Crippen molar-refractivity contribution in [1.29, 1.82) is 0 Å². The third-order valence-corrected chi connectivity index (χ3v) is 19.0. The second-order valence-corrected chi connectivity index (χ2v) is 23.0. The van der Waals surface area contributed by atoms with Crippen LogP contribution in [-0.4, -0.2) is 29.5 Å². The molecule has 170 valence electrons. The molecule has 0 radical (unpaired) electrons. The van der Waals surface area contributed by atoms with Crippen molar-refractivity contribution in [3.05, 3.63) is 0 Å². The van der Waals surface area contributed by atoms with Crippen molar-refractivity contribution in [2.45, 2.75) is 91.9 Å². The van der Waals surface area contributed by atoms with Crippen molar-refractivity contribution < 1.29 is 43.5 Å². The van der Waals surface area contributed by atoms with E-state index in [1.165, 1.54) is 62.2 Å². The number of hydrogen-bond donors (Lipinski definition) is 1. The summed E-state index contributed by atoms with van der Waals surface area (Å²) >= 11 is 0.866. The Kier molecular flexibility index (Phi) is 11.0. The molecule has 2 saturated carbocycles.